The summed E-state index contributed by atoms with van der Waals surface area (Å²) in [6.07, 6.45) is 8.56. The summed E-state index contributed by atoms with van der Waals surface area (Å²) in [6.45, 7) is 1.73. The molecule has 0 radical (unpaired) electrons. The van der Waals surface area contributed by atoms with Crippen molar-refractivity contribution in [3.8, 4) is 11.6 Å². The molecule has 0 N–H and O–H groups in total. The molecule has 1 aliphatic rings. The number of benzene rings is 1. The van der Waals surface area contributed by atoms with Gasteiger partial charge >= 0.3 is 0 Å². The van der Waals surface area contributed by atoms with Crippen molar-refractivity contribution in [1.82, 2.24) is 9.88 Å². The third-order valence-electron chi connectivity index (χ3n) is 3.81. The van der Waals surface area contributed by atoms with E-state index in [2.05, 4.69) is 4.98 Å². The zero-order valence-electron chi connectivity index (χ0n) is 13.0. The van der Waals surface area contributed by atoms with Crippen LogP contribution in [0.15, 0.2) is 54.7 Å². The Morgan fingerprint density at radius 1 is 1.04 bits per heavy atom. The number of hydrogen-bond acceptors (Lipinski definition) is 3. The molecule has 0 saturated carbocycles. The molecule has 2 aromatic rings. The second-order valence-electron chi connectivity index (χ2n) is 5.56. The van der Waals surface area contributed by atoms with Crippen molar-refractivity contribution in [2.24, 2.45) is 0 Å². The lowest BCUT2D eigenvalue weighted by Crippen LogP contribution is -2.34. The number of piperidine rings is 1. The lowest BCUT2D eigenvalue weighted by atomic mass is 10.1. The highest BCUT2D eigenvalue weighted by atomic mass is 16.5. The van der Waals surface area contributed by atoms with Gasteiger partial charge in [-0.1, -0.05) is 18.2 Å². The van der Waals surface area contributed by atoms with Crippen molar-refractivity contribution in [3.63, 3.8) is 0 Å². The van der Waals surface area contributed by atoms with Crippen LogP contribution in [0.25, 0.3) is 6.08 Å². The number of nitrogens with zero attached hydrogens (tertiary/aromatic N) is 2. The van der Waals surface area contributed by atoms with Gasteiger partial charge in [-0.3, -0.25) is 4.79 Å². The van der Waals surface area contributed by atoms with Gasteiger partial charge in [-0.15, -0.1) is 0 Å². The Labute approximate surface area is 136 Å². The first-order valence-electron chi connectivity index (χ1n) is 7.97. The maximum Gasteiger partial charge on any atom is 0.246 e. The highest BCUT2D eigenvalue weighted by Crippen LogP contribution is 2.19. The number of pyridine rings is 1. The Bertz CT molecular complexity index is 660. The van der Waals surface area contributed by atoms with Crippen LogP contribution in [0, 0.1) is 0 Å². The summed E-state index contributed by atoms with van der Waals surface area (Å²) < 4.78 is 5.64. The molecule has 118 valence electrons. The molecule has 1 aromatic heterocycles. The smallest absolute Gasteiger partial charge is 0.246 e. The minimum Gasteiger partial charge on any atom is -0.439 e. The summed E-state index contributed by atoms with van der Waals surface area (Å²) in [5, 5.41) is 0. The molecule has 1 amide bonds. The van der Waals surface area contributed by atoms with Crippen LogP contribution < -0.4 is 4.74 Å². The van der Waals surface area contributed by atoms with Crippen molar-refractivity contribution in [2.75, 3.05) is 13.1 Å². The molecule has 1 aromatic carbocycles. The molecule has 4 nitrogen and oxygen atoms in total. The Kier molecular flexibility index (Phi) is 5.04. The molecule has 0 spiro atoms. The second-order valence-corrected chi connectivity index (χ2v) is 5.56. The van der Waals surface area contributed by atoms with Gasteiger partial charge in [-0.05, 0) is 49.1 Å². The molecule has 2 heterocycles. The first-order chi connectivity index (χ1) is 11.3. The molecule has 0 unspecified atom stereocenters. The van der Waals surface area contributed by atoms with Gasteiger partial charge in [0.25, 0.3) is 0 Å². The molecular weight excluding hydrogens is 288 g/mol. The Morgan fingerprint density at radius 2 is 1.83 bits per heavy atom. The van der Waals surface area contributed by atoms with Crippen LogP contribution in [0.3, 0.4) is 0 Å². The van der Waals surface area contributed by atoms with Crippen LogP contribution in [-0.2, 0) is 4.79 Å². The summed E-state index contributed by atoms with van der Waals surface area (Å²) in [4.78, 5) is 18.2. The summed E-state index contributed by atoms with van der Waals surface area (Å²) in [5.74, 6) is 1.37. The van der Waals surface area contributed by atoms with Gasteiger partial charge in [-0.25, -0.2) is 4.98 Å². The van der Waals surface area contributed by atoms with Crippen LogP contribution in [0.1, 0.15) is 24.8 Å². The molecule has 0 bridgehead atoms. The average molecular weight is 308 g/mol. The molecular formula is C19H20N2O2. The van der Waals surface area contributed by atoms with Crippen LogP contribution in [0.5, 0.6) is 11.6 Å². The molecule has 23 heavy (non-hydrogen) atoms. The van der Waals surface area contributed by atoms with Crippen molar-refractivity contribution in [3.05, 3.63) is 60.3 Å². The standard InChI is InChI=1S/C19H20N2O2/c22-19(21-13-5-2-6-14-21)12-10-16-9-11-18(20-15-16)23-17-7-3-1-4-8-17/h1,3-4,7-12,15H,2,5-6,13-14H2. The third-order valence-corrected chi connectivity index (χ3v) is 3.81. The molecule has 4 heteroatoms. The fourth-order valence-corrected chi connectivity index (χ4v) is 2.55. The molecule has 1 fully saturated rings. The Morgan fingerprint density at radius 3 is 2.52 bits per heavy atom. The number of ether oxygens (including phenoxy) is 1. The lowest BCUT2D eigenvalue weighted by molar-refractivity contribution is -0.126. The number of aromatic nitrogens is 1. The molecule has 0 aliphatic carbocycles. The van der Waals surface area contributed by atoms with Gasteiger partial charge in [0.05, 0.1) is 0 Å². The Balaban J connectivity index is 1.58. The molecule has 0 atom stereocenters. The van der Waals surface area contributed by atoms with E-state index in [0.717, 1.165) is 37.2 Å². The SMILES string of the molecule is O=C(C=Cc1ccc(Oc2ccccc2)nc1)N1CCCCC1. The number of likely N-dealkylation sites (tertiary alicyclic amines) is 1. The summed E-state index contributed by atoms with van der Waals surface area (Å²) in [5.41, 5.74) is 0.885. The number of hydrogen-bond donors (Lipinski definition) is 0. The van der Waals surface area contributed by atoms with E-state index in [9.17, 15) is 4.79 Å². The van der Waals surface area contributed by atoms with E-state index in [1.54, 1.807) is 24.4 Å². The average Bonchev–Trinajstić information content (AvgIpc) is 2.62. The quantitative estimate of drug-likeness (QED) is 0.805. The number of carbonyl (C=O) groups is 1. The number of carbonyl (C=O) groups excluding carboxylic acids is 1. The molecule has 3 rings (SSSR count). The first kappa shape index (κ1) is 15.3. The van der Waals surface area contributed by atoms with Gasteiger partial charge < -0.3 is 9.64 Å². The van der Waals surface area contributed by atoms with Crippen LogP contribution in [0.2, 0.25) is 0 Å². The third kappa shape index (κ3) is 4.42. The second kappa shape index (κ2) is 7.58. The van der Waals surface area contributed by atoms with Crippen LogP contribution >= 0.6 is 0 Å². The predicted octanol–water partition coefficient (Wildman–Crippen LogP) is 3.90. The van der Waals surface area contributed by atoms with Crippen molar-refractivity contribution < 1.29 is 9.53 Å². The highest BCUT2D eigenvalue weighted by Gasteiger charge is 2.13. The fraction of sp³-hybridized carbons (Fsp3) is 0.263. The monoisotopic (exact) mass is 308 g/mol. The number of rotatable bonds is 4. The van der Waals surface area contributed by atoms with E-state index in [1.165, 1.54) is 6.42 Å². The van der Waals surface area contributed by atoms with Crippen LogP contribution in [0.4, 0.5) is 0 Å². The Hall–Kier alpha value is -2.62. The maximum absolute atomic E-state index is 12.1. The van der Waals surface area contributed by atoms with Crippen LogP contribution in [-0.4, -0.2) is 28.9 Å². The van der Waals surface area contributed by atoms with Crippen molar-refractivity contribution >= 4 is 12.0 Å². The largest absolute Gasteiger partial charge is 0.439 e. The fourth-order valence-electron chi connectivity index (χ4n) is 2.55. The maximum atomic E-state index is 12.1. The lowest BCUT2D eigenvalue weighted by Gasteiger charge is -2.25. The van der Waals surface area contributed by atoms with Gasteiger partial charge in [0.2, 0.25) is 11.8 Å². The van der Waals surface area contributed by atoms with E-state index in [0.29, 0.717) is 5.88 Å². The molecule has 1 aliphatic heterocycles. The van der Waals surface area contributed by atoms with E-state index in [1.807, 2.05) is 41.3 Å². The zero-order valence-corrected chi connectivity index (χ0v) is 13.0. The normalized spacial score (nSPS) is 14.9. The minimum atomic E-state index is 0.0781. The van der Waals surface area contributed by atoms with E-state index < -0.39 is 0 Å². The van der Waals surface area contributed by atoms with E-state index in [-0.39, 0.29) is 5.91 Å². The summed E-state index contributed by atoms with van der Waals surface area (Å²) in [6, 6.07) is 13.2. The first-order valence-corrected chi connectivity index (χ1v) is 7.97. The zero-order chi connectivity index (χ0) is 15.9. The van der Waals surface area contributed by atoms with E-state index >= 15 is 0 Å². The summed E-state index contributed by atoms with van der Waals surface area (Å²) >= 11 is 0. The van der Waals surface area contributed by atoms with Gasteiger partial charge in [0, 0.05) is 31.4 Å². The predicted molar refractivity (Wildman–Crippen MR) is 90.2 cm³/mol. The molecule has 1 saturated heterocycles. The number of amides is 1. The van der Waals surface area contributed by atoms with Gasteiger partial charge in [0.1, 0.15) is 5.75 Å². The van der Waals surface area contributed by atoms with E-state index in [4.69, 9.17) is 4.74 Å². The van der Waals surface area contributed by atoms with Gasteiger partial charge in [-0.2, -0.15) is 0 Å². The number of para-hydroxylation sites is 1. The van der Waals surface area contributed by atoms with Crippen molar-refractivity contribution in [1.29, 1.82) is 0 Å². The van der Waals surface area contributed by atoms with Crippen molar-refractivity contribution in [2.45, 2.75) is 19.3 Å². The summed E-state index contributed by atoms with van der Waals surface area (Å²) in [7, 11) is 0. The topological polar surface area (TPSA) is 42.4 Å². The highest BCUT2D eigenvalue weighted by molar-refractivity contribution is 5.91. The minimum absolute atomic E-state index is 0.0781. The van der Waals surface area contributed by atoms with Gasteiger partial charge in [0.15, 0.2) is 0 Å².